The van der Waals surface area contributed by atoms with Crippen LogP contribution in [-0.2, 0) is 6.42 Å². The van der Waals surface area contributed by atoms with Crippen molar-refractivity contribution >= 4 is 5.57 Å². The van der Waals surface area contributed by atoms with Gasteiger partial charge in [0, 0.05) is 11.1 Å². The summed E-state index contributed by atoms with van der Waals surface area (Å²) in [4.78, 5) is 0. The van der Waals surface area contributed by atoms with Crippen LogP contribution in [0.4, 0.5) is 26.3 Å². The zero-order chi connectivity index (χ0) is 25.2. The van der Waals surface area contributed by atoms with Crippen LogP contribution in [0.3, 0.4) is 0 Å². The van der Waals surface area contributed by atoms with Gasteiger partial charge in [0.15, 0.2) is 6.17 Å². The lowest BCUT2D eigenvalue weighted by Gasteiger charge is -2.26. The Morgan fingerprint density at radius 1 is 0.829 bits per heavy atom. The fourth-order valence-electron chi connectivity index (χ4n) is 4.80. The molecule has 3 atom stereocenters. The summed E-state index contributed by atoms with van der Waals surface area (Å²) >= 11 is 0. The van der Waals surface area contributed by atoms with Gasteiger partial charge in [0.25, 0.3) is 6.43 Å². The summed E-state index contributed by atoms with van der Waals surface area (Å²) in [5.74, 6) is -1.52. The van der Waals surface area contributed by atoms with Crippen molar-refractivity contribution in [2.24, 2.45) is 11.8 Å². The van der Waals surface area contributed by atoms with Gasteiger partial charge in [-0.1, -0.05) is 68.5 Å². The first-order valence-electron chi connectivity index (χ1n) is 12.6. The van der Waals surface area contributed by atoms with Crippen molar-refractivity contribution in [2.45, 2.75) is 76.8 Å². The Hall–Kier alpha value is -2.24. The normalized spacial score (nSPS) is 21.1. The third-order valence-corrected chi connectivity index (χ3v) is 6.89. The van der Waals surface area contributed by atoms with E-state index in [4.69, 9.17) is 0 Å². The van der Waals surface area contributed by atoms with E-state index in [1.807, 2.05) is 24.3 Å². The van der Waals surface area contributed by atoms with Crippen molar-refractivity contribution in [1.29, 1.82) is 0 Å². The summed E-state index contributed by atoms with van der Waals surface area (Å²) in [6.07, 6.45) is 10.9. The molecule has 3 rings (SSSR count). The molecule has 0 fully saturated rings. The number of alkyl halides is 4. The van der Waals surface area contributed by atoms with Crippen molar-refractivity contribution in [2.75, 3.05) is 6.67 Å². The minimum atomic E-state index is -3.25. The maximum atomic E-state index is 14.8. The van der Waals surface area contributed by atoms with Crippen LogP contribution in [0.2, 0.25) is 0 Å². The van der Waals surface area contributed by atoms with Gasteiger partial charge < -0.3 is 0 Å². The summed E-state index contributed by atoms with van der Waals surface area (Å²) in [6.45, 7) is -0.238. The van der Waals surface area contributed by atoms with Crippen LogP contribution in [0.25, 0.3) is 5.57 Å². The second kappa shape index (κ2) is 13.7. The van der Waals surface area contributed by atoms with E-state index in [1.54, 1.807) is 12.1 Å². The van der Waals surface area contributed by atoms with Gasteiger partial charge in [0.05, 0.1) is 6.67 Å². The van der Waals surface area contributed by atoms with Gasteiger partial charge in [-0.05, 0) is 67.2 Å². The van der Waals surface area contributed by atoms with Crippen molar-refractivity contribution < 1.29 is 26.3 Å². The molecule has 0 radical (unpaired) electrons. The quantitative estimate of drug-likeness (QED) is 0.188. The van der Waals surface area contributed by atoms with Crippen LogP contribution >= 0.6 is 0 Å². The minimum Gasteiger partial charge on any atom is -0.251 e. The predicted molar refractivity (Wildman–Crippen MR) is 130 cm³/mol. The zero-order valence-electron chi connectivity index (χ0n) is 20.0. The molecule has 0 saturated carbocycles. The maximum Gasteiger partial charge on any atom is 0.273 e. The van der Waals surface area contributed by atoms with E-state index >= 15 is 0 Å². The summed E-state index contributed by atoms with van der Waals surface area (Å²) in [6, 6.07) is 5.32. The third-order valence-electron chi connectivity index (χ3n) is 6.89. The van der Waals surface area contributed by atoms with Gasteiger partial charge in [0.2, 0.25) is 0 Å². The van der Waals surface area contributed by atoms with Crippen LogP contribution < -0.4 is 0 Å². The van der Waals surface area contributed by atoms with Crippen LogP contribution in [0.1, 0.15) is 68.9 Å². The highest BCUT2D eigenvalue weighted by Crippen LogP contribution is 2.37. The Kier molecular flexibility index (Phi) is 10.7. The van der Waals surface area contributed by atoms with E-state index in [0.717, 1.165) is 56.1 Å². The summed E-state index contributed by atoms with van der Waals surface area (Å²) in [5.41, 5.74) is 1.67. The summed E-state index contributed by atoms with van der Waals surface area (Å²) in [7, 11) is 0. The number of rotatable bonds is 13. The highest BCUT2D eigenvalue weighted by Gasteiger charge is 2.31. The van der Waals surface area contributed by atoms with E-state index < -0.39 is 24.0 Å². The van der Waals surface area contributed by atoms with Gasteiger partial charge in [-0.15, -0.1) is 0 Å². The van der Waals surface area contributed by atoms with Crippen LogP contribution in [0.15, 0.2) is 60.0 Å². The molecule has 0 heterocycles. The first kappa shape index (κ1) is 27.3. The van der Waals surface area contributed by atoms with Gasteiger partial charge in [-0.3, -0.25) is 4.39 Å². The number of allylic oxidation sites excluding steroid dienone is 8. The summed E-state index contributed by atoms with van der Waals surface area (Å²) < 4.78 is 79.7. The molecule has 1 aromatic carbocycles. The highest BCUT2D eigenvalue weighted by atomic mass is 19.3. The molecule has 0 amide bonds. The monoisotopic (exact) mass is 496 g/mol. The average Bonchev–Trinajstić information content (AvgIpc) is 2.85. The van der Waals surface area contributed by atoms with Gasteiger partial charge in [-0.25, -0.2) is 22.0 Å². The SMILES string of the molecule is FCCCCCCCCCc1ccc(C2=CCC(C3C=C(F)C(C(F)C(F)F)=CC3)C=C2)c(F)c1. The summed E-state index contributed by atoms with van der Waals surface area (Å²) in [5, 5.41) is 0. The standard InChI is InChI=1S/C29H34F6/c30-17-7-5-3-1-2-4-6-8-20-9-15-24(26(31)18-20)22-12-10-21(11-13-22)23-14-16-25(27(32)19-23)28(33)29(34)35/h9-10,12-13,15-16,18-19,21,23,28-29H,1-8,11,14,17H2. The molecule has 0 bridgehead atoms. The van der Waals surface area contributed by atoms with E-state index in [0.29, 0.717) is 18.4 Å². The molecule has 0 aliphatic heterocycles. The van der Waals surface area contributed by atoms with Crippen molar-refractivity contribution in [3.05, 3.63) is 76.9 Å². The van der Waals surface area contributed by atoms with Crippen molar-refractivity contribution in [3.63, 3.8) is 0 Å². The number of hydrogen-bond donors (Lipinski definition) is 0. The number of aryl methyl sites for hydroxylation is 1. The molecule has 0 nitrogen and oxygen atoms in total. The number of unbranched alkanes of at least 4 members (excludes halogenated alkanes) is 6. The van der Waals surface area contributed by atoms with Gasteiger partial charge in [-0.2, -0.15) is 0 Å². The fraction of sp³-hybridized carbons (Fsp3) is 0.517. The molecular formula is C29H34F6. The molecule has 35 heavy (non-hydrogen) atoms. The minimum absolute atomic E-state index is 0.0637. The van der Waals surface area contributed by atoms with Crippen LogP contribution in [0, 0.1) is 17.7 Å². The second-order valence-electron chi connectivity index (χ2n) is 9.46. The van der Waals surface area contributed by atoms with E-state index in [-0.39, 0.29) is 30.7 Å². The number of benzene rings is 1. The first-order chi connectivity index (χ1) is 16.9. The average molecular weight is 497 g/mol. The third kappa shape index (κ3) is 7.88. The molecule has 0 saturated heterocycles. The van der Waals surface area contributed by atoms with E-state index in [9.17, 15) is 26.3 Å². The number of halogens is 6. The molecule has 0 N–H and O–H groups in total. The molecule has 6 heteroatoms. The largest absolute Gasteiger partial charge is 0.273 e. The van der Waals surface area contributed by atoms with Gasteiger partial charge >= 0.3 is 0 Å². The predicted octanol–water partition coefficient (Wildman–Crippen LogP) is 9.43. The van der Waals surface area contributed by atoms with Crippen molar-refractivity contribution in [1.82, 2.24) is 0 Å². The molecule has 0 aromatic heterocycles. The zero-order valence-corrected chi connectivity index (χ0v) is 20.0. The molecule has 3 unspecified atom stereocenters. The lowest BCUT2D eigenvalue weighted by atomic mass is 9.79. The fourth-order valence-corrected chi connectivity index (χ4v) is 4.80. The molecule has 2 aliphatic rings. The van der Waals surface area contributed by atoms with Crippen molar-refractivity contribution in [3.8, 4) is 0 Å². The molecule has 0 spiro atoms. The smallest absolute Gasteiger partial charge is 0.251 e. The Labute approximate surface area is 204 Å². The molecule has 1 aromatic rings. The Morgan fingerprint density at radius 2 is 1.51 bits per heavy atom. The Balaban J connectivity index is 1.48. The maximum absolute atomic E-state index is 14.8. The first-order valence-corrected chi connectivity index (χ1v) is 12.6. The highest BCUT2D eigenvalue weighted by molar-refractivity contribution is 5.75. The molecule has 2 aliphatic carbocycles. The lowest BCUT2D eigenvalue weighted by Crippen LogP contribution is -2.21. The lowest BCUT2D eigenvalue weighted by molar-refractivity contribution is 0.0682. The van der Waals surface area contributed by atoms with Gasteiger partial charge in [0.1, 0.15) is 11.6 Å². The van der Waals surface area contributed by atoms with Crippen LogP contribution in [-0.4, -0.2) is 19.3 Å². The van der Waals surface area contributed by atoms with E-state index in [2.05, 4.69) is 0 Å². The Morgan fingerprint density at radius 3 is 2.11 bits per heavy atom. The number of hydrogen-bond acceptors (Lipinski definition) is 0. The molecular weight excluding hydrogens is 462 g/mol. The topological polar surface area (TPSA) is 0 Å². The molecule has 192 valence electrons. The van der Waals surface area contributed by atoms with Crippen LogP contribution in [0.5, 0.6) is 0 Å². The Bertz CT molecular complexity index is 942. The second-order valence-corrected chi connectivity index (χ2v) is 9.46. The van der Waals surface area contributed by atoms with E-state index in [1.165, 1.54) is 12.2 Å².